The predicted octanol–water partition coefficient (Wildman–Crippen LogP) is 3.57. The Balaban J connectivity index is 1.49. The molecule has 0 saturated carbocycles. The van der Waals surface area contributed by atoms with E-state index in [4.69, 9.17) is 9.47 Å². The van der Waals surface area contributed by atoms with Crippen LogP contribution < -0.4 is 14.0 Å². The first-order valence-corrected chi connectivity index (χ1v) is 10.7. The summed E-state index contributed by atoms with van der Waals surface area (Å²) in [5.41, 5.74) is 2.30. The molecule has 1 aliphatic rings. The van der Waals surface area contributed by atoms with Gasteiger partial charge < -0.3 is 19.5 Å². The number of aromatic nitrogens is 1. The van der Waals surface area contributed by atoms with Crippen LogP contribution in [0.5, 0.6) is 11.5 Å². The van der Waals surface area contributed by atoms with E-state index in [2.05, 4.69) is 46.1 Å². The maximum absolute atomic E-state index is 10.4. The van der Waals surface area contributed by atoms with Gasteiger partial charge >= 0.3 is 0 Å². The van der Waals surface area contributed by atoms with Gasteiger partial charge in [-0.25, -0.2) is 4.57 Å². The summed E-state index contributed by atoms with van der Waals surface area (Å²) in [5.74, 6) is 1.63. The van der Waals surface area contributed by atoms with Crippen LogP contribution in [-0.2, 0) is 7.05 Å². The van der Waals surface area contributed by atoms with E-state index in [9.17, 15) is 5.11 Å². The number of hydrogen-bond acceptors (Lipinski definition) is 4. The lowest BCUT2D eigenvalue weighted by Gasteiger charge is -2.28. The van der Waals surface area contributed by atoms with Crippen LogP contribution in [-0.4, -0.2) is 49.5 Å². The Labute approximate surface area is 178 Å². The van der Waals surface area contributed by atoms with Crippen LogP contribution in [0, 0.1) is 0 Å². The summed E-state index contributed by atoms with van der Waals surface area (Å²) in [6.07, 6.45) is 7.51. The molecule has 158 valence electrons. The molecule has 2 aromatic carbocycles. The fourth-order valence-electron chi connectivity index (χ4n) is 4.20. The first-order valence-electron chi connectivity index (χ1n) is 10.7. The normalized spacial score (nSPS) is 15.8. The number of benzene rings is 2. The highest BCUT2D eigenvalue weighted by molar-refractivity contribution is 5.95. The second kappa shape index (κ2) is 9.45. The summed E-state index contributed by atoms with van der Waals surface area (Å²) >= 11 is 0. The van der Waals surface area contributed by atoms with E-state index in [1.54, 1.807) is 7.11 Å². The summed E-state index contributed by atoms with van der Waals surface area (Å²) in [6.45, 7) is 3.16. The minimum absolute atomic E-state index is 0.312. The number of piperidine rings is 1. The molecule has 1 fully saturated rings. The van der Waals surface area contributed by atoms with Gasteiger partial charge in [-0.3, -0.25) is 0 Å². The van der Waals surface area contributed by atoms with Gasteiger partial charge in [-0.05, 0) is 61.8 Å². The van der Waals surface area contributed by atoms with Gasteiger partial charge in [0.1, 0.15) is 31.3 Å². The molecule has 1 N–H and O–H groups in total. The molecule has 1 unspecified atom stereocenters. The Morgan fingerprint density at radius 3 is 2.47 bits per heavy atom. The molecule has 1 saturated heterocycles. The third-order valence-electron chi connectivity index (χ3n) is 5.75. The van der Waals surface area contributed by atoms with Gasteiger partial charge in [0.2, 0.25) is 0 Å². The van der Waals surface area contributed by atoms with Gasteiger partial charge in [0, 0.05) is 17.3 Å². The zero-order valence-electron chi connectivity index (χ0n) is 17.9. The Kier molecular flexibility index (Phi) is 6.50. The van der Waals surface area contributed by atoms with E-state index < -0.39 is 6.10 Å². The number of methoxy groups -OCH3 is 1. The van der Waals surface area contributed by atoms with Crippen LogP contribution in [0.1, 0.15) is 19.3 Å². The van der Waals surface area contributed by atoms with Crippen molar-refractivity contribution in [1.29, 1.82) is 0 Å². The van der Waals surface area contributed by atoms with Crippen molar-refractivity contribution in [3.63, 3.8) is 0 Å². The summed E-state index contributed by atoms with van der Waals surface area (Å²) in [7, 11) is 3.71. The number of aliphatic hydroxyl groups excluding tert-OH is 1. The van der Waals surface area contributed by atoms with Crippen LogP contribution in [0.4, 0.5) is 0 Å². The van der Waals surface area contributed by atoms with Crippen LogP contribution in [0.15, 0.2) is 54.9 Å². The summed E-state index contributed by atoms with van der Waals surface area (Å²) in [4.78, 5) is 2.33. The Hall–Kier alpha value is -2.63. The van der Waals surface area contributed by atoms with Crippen LogP contribution >= 0.6 is 0 Å². The number of rotatable bonds is 7. The molecule has 5 heteroatoms. The van der Waals surface area contributed by atoms with Gasteiger partial charge in [0.05, 0.1) is 12.7 Å². The molecular formula is C25H31N2O3+. The molecule has 1 aromatic heterocycles. The van der Waals surface area contributed by atoms with Crippen molar-refractivity contribution in [1.82, 2.24) is 4.90 Å². The van der Waals surface area contributed by atoms with Crippen LogP contribution in [0.25, 0.3) is 21.9 Å². The standard InChI is InChI=1S/C25H31N2O3/c1-26-15-20-14-23(30-18-21(28)16-27-12-4-3-5-13-27)10-11-24(20)25(17-26)19-6-8-22(29-2)9-7-19/h6-11,14-15,17,21,28H,3-5,12-13,16,18H2,1-2H3/q+1. The van der Waals surface area contributed by atoms with E-state index in [1.807, 2.05) is 25.2 Å². The molecule has 0 bridgehead atoms. The highest BCUT2D eigenvalue weighted by Gasteiger charge is 2.16. The van der Waals surface area contributed by atoms with Crippen molar-refractivity contribution in [3.8, 4) is 22.6 Å². The molecule has 3 aromatic rings. The quantitative estimate of drug-likeness (QED) is 0.609. The van der Waals surface area contributed by atoms with Crippen molar-refractivity contribution in [2.75, 3.05) is 33.4 Å². The molecule has 4 rings (SSSR count). The van der Waals surface area contributed by atoms with Gasteiger partial charge in [0.25, 0.3) is 0 Å². The third kappa shape index (κ3) is 4.91. The maximum atomic E-state index is 10.4. The highest BCUT2D eigenvalue weighted by Crippen LogP contribution is 2.30. The number of β-amino-alcohol motifs (C(OH)–C–C–N with tert-alkyl or cyclic N) is 1. The molecule has 5 nitrogen and oxygen atoms in total. The van der Waals surface area contributed by atoms with Crippen LogP contribution in [0.2, 0.25) is 0 Å². The molecule has 1 aliphatic heterocycles. The predicted molar refractivity (Wildman–Crippen MR) is 119 cm³/mol. The average Bonchev–Trinajstić information content (AvgIpc) is 2.77. The molecule has 0 radical (unpaired) electrons. The number of hydrogen-bond donors (Lipinski definition) is 1. The second-order valence-corrected chi connectivity index (χ2v) is 8.14. The van der Waals surface area contributed by atoms with E-state index in [-0.39, 0.29) is 0 Å². The number of nitrogens with zero attached hydrogens (tertiary/aromatic N) is 2. The van der Waals surface area contributed by atoms with Crippen molar-refractivity contribution in [3.05, 3.63) is 54.9 Å². The molecule has 0 amide bonds. The fourth-order valence-corrected chi connectivity index (χ4v) is 4.20. The van der Waals surface area contributed by atoms with Crippen LogP contribution in [0.3, 0.4) is 0 Å². The molecule has 30 heavy (non-hydrogen) atoms. The highest BCUT2D eigenvalue weighted by atomic mass is 16.5. The SMILES string of the molecule is COc1ccc(-c2c[n+](C)cc3cc(OCC(O)CN4CCCCC4)ccc23)cc1. The average molecular weight is 408 g/mol. The molecule has 0 aliphatic carbocycles. The molecule has 1 atom stereocenters. The van der Waals surface area contributed by atoms with Crippen molar-refractivity contribution in [2.45, 2.75) is 25.4 Å². The Bertz CT molecular complexity index is 982. The number of ether oxygens (including phenoxy) is 2. The lowest BCUT2D eigenvalue weighted by Crippen LogP contribution is -2.38. The minimum Gasteiger partial charge on any atom is -0.497 e. The topological polar surface area (TPSA) is 45.8 Å². The first-order chi connectivity index (χ1) is 14.6. The Morgan fingerprint density at radius 2 is 1.73 bits per heavy atom. The van der Waals surface area contributed by atoms with Crippen molar-refractivity contribution in [2.24, 2.45) is 7.05 Å². The summed E-state index contributed by atoms with van der Waals surface area (Å²) < 4.78 is 13.3. The lowest BCUT2D eigenvalue weighted by molar-refractivity contribution is -0.669. The fraction of sp³-hybridized carbons (Fsp3) is 0.400. The summed E-state index contributed by atoms with van der Waals surface area (Å²) in [6, 6.07) is 14.3. The van der Waals surface area contributed by atoms with E-state index in [0.29, 0.717) is 13.2 Å². The number of pyridine rings is 1. The van der Waals surface area contributed by atoms with E-state index in [0.717, 1.165) is 41.1 Å². The van der Waals surface area contributed by atoms with E-state index >= 15 is 0 Å². The summed E-state index contributed by atoms with van der Waals surface area (Å²) in [5, 5.41) is 12.6. The van der Waals surface area contributed by atoms with Gasteiger partial charge in [-0.1, -0.05) is 18.6 Å². The maximum Gasteiger partial charge on any atom is 0.177 e. The van der Waals surface area contributed by atoms with Gasteiger partial charge in [0.15, 0.2) is 12.4 Å². The molecule has 0 spiro atoms. The molecule has 2 heterocycles. The number of aliphatic hydroxyl groups is 1. The number of aryl methyl sites for hydroxylation is 1. The van der Waals surface area contributed by atoms with E-state index in [1.165, 1.54) is 24.6 Å². The smallest absolute Gasteiger partial charge is 0.177 e. The number of likely N-dealkylation sites (tertiary alicyclic amines) is 1. The van der Waals surface area contributed by atoms with Gasteiger partial charge in [-0.2, -0.15) is 0 Å². The second-order valence-electron chi connectivity index (χ2n) is 8.14. The first kappa shape index (κ1) is 20.6. The number of fused-ring (bicyclic) bond motifs is 1. The Morgan fingerprint density at radius 1 is 1.00 bits per heavy atom. The minimum atomic E-state index is -0.472. The van der Waals surface area contributed by atoms with Gasteiger partial charge in [-0.15, -0.1) is 0 Å². The monoisotopic (exact) mass is 407 g/mol. The van der Waals surface area contributed by atoms with Crippen molar-refractivity contribution < 1.29 is 19.1 Å². The molecular weight excluding hydrogens is 376 g/mol. The lowest BCUT2D eigenvalue weighted by atomic mass is 10.0. The van der Waals surface area contributed by atoms with Crippen molar-refractivity contribution >= 4 is 10.8 Å². The zero-order chi connectivity index (χ0) is 20.9. The largest absolute Gasteiger partial charge is 0.497 e. The zero-order valence-corrected chi connectivity index (χ0v) is 17.9. The third-order valence-corrected chi connectivity index (χ3v) is 5.75.